The molecule has 2 aromatic carbocycles. The molecule has 0 unspecified atom stereocenters. The van der Waals surface area contributed by atoms with E-state index in [2.05, 4.69) is 10.3 Å². The predicted molar refractivity (Wildman–Crippen MR) is 82.0 cm³/mol. The van der Waals surface area contributed by atoms with Gasteiger partial charge >= 0.3 is 0 Å². The predicted octanol–water partition coefficient (Wildman–Crippen LogP) is 5.23. The summed E-state index contributed by atoms with van der Waals surface area (Å²) in [4.78, 5) is 3.20. The summed E-state index contributed by atoms with van der Waals surface area (Å²) in [6.45, 7) is 0.600. The van der Waals surface area contributed by atoms with E-state index in [1.54, 1.807) is 0 Å². The minimum absolute atomic E-state index is 0.0129. The van der Waals surface area contributed by atoms with Gasteiger partial charge in [0.2, 0.25) is 0 Å². The van der Waals surface area contributed by atoms with E-state index in [1.165, 1.54) is 12.1 Å². The summed E-state index contributed by atoms with van der Waals surface area (Å²) in [6, 6.07) is 11.1. The van der Waals surface area contributed by atoms with Gasteiger partial charge in [-0.3, -0.25) is 0 Å². The number of aromatic amines is 1. The van der Waals surface area contributed by atoms with Gasteiger partial charge in [-0.15, -0.1) is 0 Å². The summed E-state index contributed by atoms with van der Waals surface area (Å²) >= 11 is 11.5. The van der Waals surface area contributed by atoms with Crippen molar-refractivity contribution < 1.29 is 4.39 Å². The molecule has 20 heavy (non-hydrogen) atoms. The van der Waals surface area contributed by atoms with Crippen LogP contribution in [0.2, 0.25) is 10.0 Å². The van der Waals surface area contributed by atoms with Crippen LogP contribution in [0.1, 0.15) is 5.56 Å². The Morgan fingerprint density at radius 2 is 1.80 bits per heavy atom. The van der Waals surface area contributed by atoms with Crippen molar-refractivity contribution in [3.63, 3.8) is 0 Å². The second kappa shape index (κ2) is 5.35. The smallest absolute Gasteiger partial charge is 0.160 e. The lowest BCUT2D eigenvalue weighted by Gasteiger charge is -2.08. The Labute approximate surface area is 125 Å². The summed E-state index contributed by atoms with van der Waals surface area (Å²) in [7, 11) is 0. The molecule has 102 valence electrons. The number of anilines is 1. The van der Waals surface area contributed by atoms with E-state index in [4.69, 9.17) is 23.2 Å². The van der Waals surface area contributed by atoms with Gasteiger partial charge in [0, 0.05) is 29.3 Å². The van der Waals surface area contributed by atoms with Gasteiger partial charge in [0.25, 0.3) is 0 Å². The van der Waals surface area contributed by atoms with Crippen LogP contribution in [0.15, 0.2) is 42.6 Å². The third-order valence-electron chi connectivity index (χ3n) is 3.14. The Balaban J connectivity index is 1.83. The number of nitrogens with one attached hydrogen (secondary N) is 2. The van der Waals surface area contributed by atoms with Crippen LogP contribution in [0, 0.1) is 5.82 Å². The van der Waals surface area contributed by atoms with E-state index in [9.17, 15) is 4.39 Å². The van der Waals surface area contributed by atoms with Crippen molar-refractivity contribution >= 4 is 39.8 Å². The van der Waals surface area contributed by atoms with E-state index < -0.39 is 5.82 Å². The first-order valence-electron chi connectivity index (χ1n) is 6.08. The number of H-pyrrole nitrogens is 1. The van der Waals surface area contributed by atoms with Crippen LogP contribution in [-0.4, -0.2) is 4.98 Å². The second-order valence-corrected chi connectivity index (χ2v) is 5.28. The van der Waals surface area contributed by atoms with Crippen molar-refractivity contribution in [2.24, 2.45) is 0 Å². The fraction of sp³-hybridized carbons (Fsp3) is 0.0667. The molecule has 2 N–H and O–H groups in total. The monoisotopic (exact) mass is 308 g/mol. The molecule has 0 aliphatic carbocycles. The van der Waals surface area contributed by atoms with Gasteiger partial charge in [0.05, 0.1) is 10.0 Å². The Hall–Kier alpha value is -1.71. The summed E-state index contributed by atoms with van der Waals surface area (Å²) < 4.78 is 13.3. The maximum Gasteiger partial charge on any atom is 0.160 e. The van der Waals surface area contributed by atoms with Crippen LogP contribution < -0.4 is 5.32 Å². The molecule has 2 nitrogen and oxygen atoms in total. The summed E-state index contributed by atoms with van der Waals surface area (Å²) in [5.41, 5.74) is 2.89. The molecule has 0 fully saturated rings. The van der Waals surface area contributed by atoms with E-state index in [0.717, 1.165) is 16.5 Å². The molecule has 0 saturated heterocycles. The van der Waals surface area contributed by atoms with Crippen molar-refractivity contribution in [2.75, 3.05) is 5.32 Å². The lowest BCUT2D eigenvalue weighted by atomic mass is 10.2. The molecule has 0 amide bonds. The zero-order valence-corrected chi connectivity index (χ0v) is 11.9. The highest BCUT2D eigenvalue weighted by atomic mass is 35.5. The van der Waals surface area contributed by atoms with Crippen LogP contribution in [0.25, 0.3) is 10.9 Å². The highest BCUT2D eigenvalue weighted by molar-refractivity contribution is 6.35. The largest absolute Gasteiger partial charge is 0.381 e. The van der Waals surface area contributed by atoms with Gasteiger partial charge < -0.3 is 10.3 Å². The van der Waals surface area contributed by atoms with Crippen molar-refractivity contribution in [3.8, 4) is 0 Å². The van der Waals surface area contributed by atoms with Crippen molar-refractivity contribution in [1.82, 2.24) is 4.98 Å². The highest BCUT2D eigenvalue weighted by Crippen LogP contribution is 2.28. The van der Waals surface area contributed by atoms with Crippen LogP contribution >= 0.6 is 23.2 Å². The molecule has 3 aromatic rings. The number of aromatic nitrogens is 1. The first-order chi connectivity index (χ1) is 9.65. The van der Waals surface area contributed by atoms with E-state index >= 15 is 0 Å². The van der Waals surface area contributed by atoms with Crippen molar-refractivity contribution in [1.29, 1.82) is 0 Å². The molecule has 5 heteroatoms. The van der Waals surface area contributed by atoms with Crippen molar-refractivity contribution in [3.05, 3.63) is 64.0 Å². The quantitative estimate of drug-likeness (QED) is 0.637. The van der Waals surface area contributed by atoms with Crippen LogP contribution in [0.3, 0.4) is 0 Å². The molecule has 0 aliphatic heterocycles. The standard InChI is InChI=1S/C15H11Cl2FN2/c16-12-5-10(6-13(17)15(12)18)19-7-9-8-20-14-4-2-1-3-11(9)14/h1-6,8,19-20H,7H2. The van der Waals surface area contributed by atoms with Gasteiger partial charge in [-0.25, -0.2) is 4.39 Å². The fourth-order valence-corrected chi connectivity index (χ4v) is 2.62. The van der Waals surface area contributed by atoms with Crippen LogP contribution in [0.5, 0.6) is 0 Å². The maximum absolute atomic E-state index is 13.3. The van der Waals surface area contributed by atoms with E-state index in [1.807, 2.05) is 30.5 Å². The van der Waals surface area contributed by atoms with Gasteiger partial charge in [-0.1, -0.05) is 41.4 Å². The summed E-state index contributed by atoms with van der Waals surface area (Å²) in [5, 5.41) is 4.37. The van der Waals surface area contributed by atoms with Gasteiger partial charge in [-0.05, 0) is 23.8 Å². The van der Waals surface area contributed by atoms with Gasteiger partial charge in [-0.2, -0.15) is 0 Å². The summed E-state index contributed by atoms with van der Waals surface area (Å²) in [5.74, 6) is -0.592. The number of rotatable bonds is 3. The molecule has 3 rings (SSSR count). The number of fused-ring (bicyclic) bond motifs is 1. The molecule has 0 atom stereocenters. The molecule has 0 saturated carbocycles. The SMILES string of the molecule is Fc1c(Cl)cc(NCc2c[nH]c3ccccc23)cc1Cl. The van der Waals surface area contributed by atoms with Crippen molar-refractivity contribution in [2.45, 2.75) is 6.54 Å². The number of para-hydroxylation sites is 1. The molecular weight excluding hydrogens is 298 g/mol. The van der Waals surface area contributed by atoms with Crippen LogP contribution in [-0.2, 0) is 6.54 Å². The minimum atomic E-state index is -0.592. The number of benzene rings is 2. The maximum atomic E-state index is 13.3. The zero-order valence-electron chi connectivity index (χ0n) is 10.4. The van der Waals surface area contributed by atoms with Gasteiger partial charge in [0.15, 0.2) is 5.82 Å². The molecule has 0 aliphatic rings. The number of halogens is 3. The lowest BCUT2D eigenvalue weighted by Crippen LogP contribution is -1.99. The molecule has 0 radical (unpaired) electrons. The molecular formula is C15H11Cl2FN2. The molecule has 1 heterocycles. The molecule has 0 bridgehead atoms. The van der Waals surface area contributed by atoms with E-state index in [-0.39, 0.29) is 10.0 Å². The highest BCUT2D eigenvalue weighted by Gasteiger charge is 2.08. The average Bonchev–Trinajstić information content (AvgIpc) is 2.85. The number of hydrogen-bond donors (Lipinski definition) is 2. The van der Waals surface area contributed by atoms with E-state index in [0.29, 0.717) is 12.2 Å². The van der Waals surface area contributed by atoms with Gasteiger partial charge in [0.1, 0.15) is 0 Å². The topological polar surface area (TPSA) is 27.8 Å². The normalized spacial score (nSPS) is 10.9. The third-order valence-corrected chi connectivity index (χ3v) is 3.69. The first-order valence-corrected chi connectivity index (χ1v) is 6.84. The summed E-state index contributed by atoms with van der Waals surface area (Å²) in [6.07, 6.45) is 1.95. The Morgan fingerprint density at radius 3 is 2.55 bits per heavy atom. The Morgan fingerprint density at radius 1 is 1.10 bits per heavy atom. The average molecular weight is 309 g/mol. The molecule has 0 spiro atoms. The zero-order chi connectivity index (χ0) is 14.1. The second-order valence-electron chi connectivity index (χ2n) is 4.47. The Kier molecular flexibility index (Phi) is 3.55. The molecule has 1 aromatic heterocycles. The first kappa shape index (κ1) is 13.3. The third kappa shape index (κ3) is 2.47. The lowest BCUT2D eigenvalue weighted by molar-refractivity contribution is 0.629. The number of hydrogen-bond acceptors (Lipinski definition) is 1. The van der Waals surface area contributed by atoms with Crippen LogP contribution in [0.4, 0.5) is 10.1 Å². The fourth-order valence-electron chi connectivity index (χ4n) is 2.13. The Bertz CT molecular complexity index is 744. The minimum Gasteiger partial charge on any atom is -0.381 e.